The van der Waals surface area contributed by atoms with E-state index in [0.717, 1.165) is 12.6 Å². The van der Waals surface area contributed by atoms with Crippen molar-refractivity contribution in [3.63, 3.8) is 0 Å². The van der Waals surface area contributed by atoms with Crippen LogP contribution in [0.25, 0.3) is 0 Å². The molecule has 0 aliphatic rings. The van der Waals surface area contributed by atoms with Crippen molar-refractivity contribution in [2.24, 2.45) is 0 Å². The Hall–Kier alpha value is -0.623. The third-order valence-corrected chi connectivity index (χ3v) is 6.18. The highest BCUT2D eigenvalue weighted by Crippen LogP contribution is 2.27. The van der Waals surface area contributed by atoms with Crippen molar-refractivity contribution in [2.75, 3.05) is 21.3 Å². The van der Waals surface area contributed by atoms with Crippen LogP contribution in [0.1, 0.15) is 25.5 Å². The maximum Gasteiger partial charge on any atom is 0.500 e. The van der Waals surface area contributed by atoms with Gasteiger partial charge < -0.3 is 17.8 Å². The second-order valence-electron chi connectivity index (χ2n) is 4.12. The van der Waals surface area contributed by atoms with Crippen LogP contribution >= 0.6 is 0 Å². The number of rotatable bonds is 7. The highest BCUT2D eigenvalue weighted by Gasteiger charge is 2.40. The molecule has 0 amide bonds. The van der Waals surface area contributed by atoms with E-state index in [0.29, 0.717) is 5.92 Å². The van der Waals surface area contributed by atoms with Crippen molar-refractivity contribution in [1.82, 2.24) is 4.57 Å². The van der Waals surface area contributed by atoms with E-state index < -0.39 is 8.80 Å². The van der Waals surface area contributed by atoms with Gasteiger partial charge in [0.05, 0.1) is 0 Å². The Bertz CT molecular complexity index is 328. The maximum absolute atomic E-state index is 5.46. The van der Waals surface area contributed by atoms with E-state index in [1.54, 1.807) is 21.3 Å². The highest BCUT2D eigenvalue weighted by atomic mass is 28.4. The maximum atomic E-state index is 5.46. The molecule has 4 nitrogen and oxygen atoms in total. The average molecular weight is 257 g/mol. The van der Waals surface area contributed by atoms with Gasteiger partial charge >= 0.3 is 8.80 Å². The van der Waals surface area contributed by atoms with E-state index in [9.17, 15) is 0 Å². The molecule has 98 valence electrons. The number of aromatic nitrogens is 1. The van der Waals surface area contributed by atoms with Gasteiger partial charge in [0, 0.05) is 51.7 Å². The van der Waals surface area contributed by atoms with Crippen LogP contribution in [0.2, 0.25) is 6.04 Å². The second kappa shape index (κ2) is 6.35. The standard InChI is InChI=1S/C12H23NO3Si/c1-6-13-9-7-8-12(13)11(2)10-17(14-3,15-4)16-5/h7-9,11H,6,10H2,1-5H3. The Balaban J connectivity index is 2.80. The quantitative estimate of drug-likeness (QED) is 0.704. The molecule has 0 N–H and O–H groups in total. The van der Waals surface area contributed by atoms with Crippen LogP contribution < -0.4 is 0 Å². The monoisotopic (exact) mass is 257 g/mol. The van der Waals surface area contributed by atoms with Crippen molar-refractivity contribution < 1.29 is 13.3 Å². The SMILES string of the molecule is CCn1cccc1C(C)C[Si](OC)(OC)OC. The van der Waals surface area contributed by atoms with Crippen LogP contribution in [0, 0.1) is 0 Å². The first-order chi connectivity index (χ1) is 8.12. The summed E-state index contributed by atoms with van der Waals surface area (Å²) in [7, 11) is 2.49. The average Bonchev–Trinajstić information content (AvgIpc) is 2.84. The van der Waals surface area contributed by atoms with E-state index in [2.05, 4.69) is 36.7 Å². The Kier molecular flexibility index (Phi) is 5.39. The molecule has 17 heavy (non-hydrogen) atoms. The van der Waals surface area contributed by atoms with E-state index >= 15 is 0 Å². The summed E-state index contributed by atoms with van der Waals surface area (Å²) in [5.41, 5.74) is 1.30. The molecule has 0 saturated heterocycles. The van der Waals surface area contributed by atoms with Crippen LogP contribution in [-0.2, 0) is 19.8 Å². The molecule has 1 heterocycles. The third-order valence-electron chi connectivity index (χ3n) is 3.20. The smallest absolute Gasteiger partial charge is 0.377 e. The molecule has 0 bridgehead atoms. The van der Waals surface area contributed by atoms with Gasteiger partial charge in [0.2, 0.25) is 0 Å². The zero-order valence-electron chi connectivity index (χ0n) is 11.4. The zero-order chi connectivity index (χ0) is 12.9. The fourth-order valence-electron chi connectivity index (χ4n) is 2.14. The van der Waals surface area contributed by atoms with E-state index in [4.69, 9.17) is 13.3 Å². The molecule has 1 aromatic rings. The molecule has 1 unspecified atom stereocenters. The van der Waals surface area contributed by atoms with Gasteiger partial charge in [-0.25, -0.2) is 0 Å². The van der Waals surface area contributed by atoms with Gasteiger partial charge in [0.1, 0.15) is 0 Å². The Labute approximate surface area is 105 Å². The number of aryl methyl sites for hydroxylation is 1. The summed E-state index contributed by atoms with van der Waals surface area (Å²) < 4.78 is 18.6. The summed E-state index contributed by atoms with van der Waals surface area (Å²) in [5.74, 6) is 0.358. The van der Waals surface area contributed by atoms with Gasteiger partial charge in [-0.3, -0.25) is 0 Å². The van der Waals surface area contributed by atoms with E-state index in [1.807, 2.05) is 0 Å². The van der Waals surface area contributed by atoms with Crippen molar-refractivity contribution >= 4 is 8.80 Å². The molecule has 1 aromatic heterocycles. The molecule has 1 atom stereocenters. The van der Waals surface area contributed by atoms with E-state index in [-0.39, 0.29) is 0 Å². The number of hydrogen-bond acceptors (Lipinski definition) is 3. The normalized spacial score (nSPS) is 13.9. The molecule has 0 saturated carbocycles. The Morgan fingerprint density at radius 3 is 2.29 bits per heavy atom. The van der Waals surface area contributed by atoms with Crippen molar-refractivity contribution in [3.05, 3.63) is 24.0 Å². The summed E-state index contributed by atoms with van der Waals surface area (Å²) in [6.45, 7) is 5.30. The molecule has 0 spiro atoms. The van der Waals surface area contributed by atoms with Crippen molar-refractivity contribution in [2.45, 2.75) is 32.4 Å². The minimum atomic E-state index is -2.49. The summed E-state index contributed by atoms with van der Waals surface area (Å²) >= 11 is 0. The van der Waals surface area contributed by atoms with Crippen molar-refractivity contribution in [1.29, 1.82) is 0 Å². The molecule has 0 radical (unpaired) electrons. The number of hydrogen-bond donors (Lipinski definition) is 0. The summed E-state index contributed by atoms with van der Waals surface area (Å²) in [5, 5.41) is 0. The van der Waals surface area contributed by atoms with Crippen LogP contribution in [0.15, 0.2) is 18.3 Å². The van der Waals surface area contributed by atoms with Gasteiger partial charge in [-0.1, -0.05) is 6.92 Å². The third kappa shape index (κ3) is 3.19. The molecule has 1 rings (SSSR count). The summed E-state index contributed by atoms with van der Waals surface area (Å²) in [4.78, 5) is 0. The van der Waals surface area contributed by atoms with Gasteiger partial charge in [-0.2, -0.15) is 0 Å². The molecule has 0 aliphatic carbocycles. The minimum absolute atomic E-state index is 0.358. The van der Waals surface area contributed by atoms with Crippen LogP contribution in [0.3, 0.4) is 0 Å². The van der Waals surface area contributed by atoms with E-state index in [1.165, 1.54) is 5.69 Å². The fraction of sp³-hybridized carbons (Fsp3) is 0.667. The van der Waals surface area contributed by atoms with Gasteiger partial charge in [0.25, 0.3) is 0 Å². The van der Waals surface area contributed by atoms with Crippen molar-refractivity contribution in [3.8, 4) is 0 Å². The lowest BCUT2D eigenvalue weighted by Gasteiger charge is -2.27. The van der Waals surface area contributed by atoms with Gasteiger partial charge in [-0.05, 0) is 19.1 Å². The molecular formula is C12H23NO3Si. The van der Waals surface area contributed by atoms with Crippen LogP contribution in [0.4, 0.5) is 0 Å². The number of nitrogens with zero attached hydrogens (tertiary/aromatic N) is 1. The molecular weight excluding hydrogens is 234 g/mol. The second-order valence-corrected chi connectivity index (χ2v) is 7.12. The first-order valence-corrected chi connectivity index (χ1v) is 7.86. The summed E-state index contributed by atoms with van der Waals surface area (Å²) in [6, 6.07) is 5.01. The topological polar surface area (TPSA) is 32.6 Å². The lowest BCUT2D eigenvalue weighted by atomic mass is 10.1. The molecule has 0 fully saturated rings. The largest absolute Gasteiger partial charge is 0.500 e. The Morgan fingerprint density at radius 1 is 1.24 bits per heavy atom. The van der Waals surface area contributed by atoms with Gasteiger partial charge in [-0.15, -0.1) is 0 Å². The fourth-order valence-corrected chi connectivity index (χ4v) is 4.10. The lowest BCUT2D eigenvalue weighted by molar-refractivity contribution is 0.121. The lowest BCUT2D eigenvalue weighted by Crippen LogP contribution is -2.43. The van der Waals surface area contributed by atoms with Gasteiger partial charge in [0.15, 0.2) is 0 Å². The zero-order valence-corrected chi connectivity index (χ0v) is 12.4. The molecule has 0 aliphatic heterocycles. The highest BCUT2D eigenvalue weighted by molar-refractivity contribution is 6.60. The molecule has 0 aromatic carbocycles. The minimum Gasteiger partial charge on any atom is -0.377 e. The first kappa shape index (κ1) is 14.4. The predicted molar refractivity (Wildman–Crippen MR) is 70.1 cm³/mol. The Morgan fingerprint density at radius 2 is 1.82 bits per heavy atom. The van der Waals surface area contributed by atoms with Crippen LogP contribution in [-0.4, -0.2) is 34.7 Å². The van der Waals surface area contributed by atoms with Crippen LogP contribution in [0.5, 0.6) is 0 Å². The molecule has 5 heteroatoms. The summed E-state index contributed by atoms with van der Waals surface area (Å²) in [6.07, 6.45) is 2.10. The predicted octanol–water partition coefficient (Wildman–Crippen LogP) is 2.49. The first-order valence-electron chi connectivity index (χ1n) is 5.93.